The number of hydrogen-bond donors (Lipinski definition) is 0. The minimum atomic E-state index is 0.156. The molecule has 33 heavy (non-hydrogen) atoms. The molecule has 2 aromatic carbocycles. The fraction of sp³-hybridized carbons (Fsp3) is 0.172. The molecule has 0 spiro atoms. The van der Waals surface area contributed by atoms with Crippen molar-refractivity contribution in [2.45, 2.75) is 33.1 Å². The molecule has 0 fully saturated rings. The van der Waals surface area contributed by atoms with Gasteiger partial charge < -0.3 is 4.42 Å². The molecule has 0 radical (unpaired) electrons. The van der Waals surface area contributed by atoms with E-state index in [4.69, 9.17) is 9.40 Å². The molecule has 0 saturated heterocycles. The number of furan rings is 1. The lowest BCUT2D eigenvalue weighted by Gasteiger charge is -2.18. The number of pyridine rings is 2. The molecule has 6 aromatic rings. The predicted octanol–water partition coefficient (Wildman–Crippen LogP) is 8.53. The van der Waals surface area contributed by atoms with Crippen LogP contribution >= 0.6 is 11.3 Å². The molecule has 0 aliphatic carbocycles. The van der Waals surface area contributed by atoms with Gasteiger partial charge in [0.05, 0.1) is 10.4 Å². The zero-order chi connectivity index (χ0) is 22.7. The van der Waals surface area contributed by atoms with Crippen LogP contribution in [0.1, 0.15) is 32.0 Å². The Morgan fingerprint density at radius 1 is 0.879 bits per heavy atom. The molecule has 0 aliphatic rings. The zero-order valence-corrected chi connectivity index (χ0v) is 20.0. The van der Waals surface area contributed by atoms with Gasteiger partial charge in [0.2, 0.25) is 5.71 Å². The fourth-order valence-corrected chi connectivity index (χ4v) is 5.36. The molecule has 0 saturated carbocycles. The summed E-state index contributed by atoms with van der Waals surface area (Å²) in [4.78, 5) is 10.6. The van der Waals surface area contributed by atoms with E-state index in [0.29, 0.717) is 5.71 Å². The Bertz CT molecular complexity index is 1650. The predicted molar refractivity (Wildman–Crippen MR) is 139 cm³/mol. The molecule has 3 nitrogen and oxygen atoms in total. The number of fused-ring (bicyclic) bond motifs is 4. The molecule has 0 aliphatic heterocycles. The molecule has 6 rings (SSSR count). The molecular formula is C29H24N2OS. The Kier molecular flexibility index (Phi) is 4.43. The number of thiophene rings is 1. The molecule has 4 heteroatoms. The van der Waals surface area contributed by atoms with Crippen molar-refractivity contribution in [2.75, 3.05) is 0 Å². The summed E-state index contributed by atoms with van der Waals surface area (Å²) in [6, 6.07) is 23.7. The molecule has 162 valence electrons. The summed E-state index contributed by atoms with van der Waals surface area (Å²) in [7, 11) is 0. The first kappa shape index (κ1) is 20.1. The van der Waals surface area contributed by atoms with E-state index in [9.17, 15) is 0 Å². The van der Waals surface area contributed by atoms with Crippen LogP contribution in [0.3, 0.4) is 0 Å². The lowest BCUT2D eigenvalue weighted by atomic mass is 9.86. The Morgan fingerprint density at radius 3 is 2.48 bits per heavy atom. The van der Waals surface area contributed by atoms with Gasteiger partial charge in [-0.2, -0.15) is 0 Å². The van der Waals surface area contributed by atoms with Crippen molar-refractivity contribution in [3.8, 4) is 21.7 Å². The van der Waals surface area contributed by atoms with Crippen molar-refractivity contribution >= 4 is 43.5 Å². The number of hydrogen-bond acceptors (Lipinski definition) is 4. The van der Waals surface area contributed by atoms with Crippen molar-refractivity contribution in [2.24, 2.45) is 0 Å². The van der Waals surface area contributed by atoms with Gasteiger partial charge in [-0.25, -0.2) is 4.98 Å². The Balaban J connectivity index is 1.44. The quantitative estimate of drug-likeness (QED) is 0.266. The molecule has 0 amide bonds. The molecule has 0 atom stereocenters. The highest BCUT2D eigenvalue weighted by Gasteiger charge is 2.16. The maximum Gasteiger partial charge on any atom is 0.227 e. The third kappa shape index (κ3) is 3.42. The first-order valence-electron chi connectivity index (χ1n) is 11.2. The number of aromatic nitrogens is 2. The molecule has 0 unspecified atom stereocenters. The first-order valence-corrected chi connectivity index (χ1v) is 12.0. The smallest absolute Gasteiger partial charge is 0.227 e. The minimum absolute atomic E-state index is 0.156. The van der Waals surface area contributed by atoms with E-state index in [2.05, 4.69) is 86.4 Å². The van der Waals surface area contributed by atoms with Crippen LogP contribution in [0.5, 0.6) is 0 Å². The van der Waals surface area contributed by atoms with E-state index >= 15 is 0 Å². The van der Waals surface area contributed by atoms with Gasteiger partial charge in [0.15, 0.2) is 0 Å². The minimum Gasteiger partial charge on any atom is -0.437 e. The van der Waals surface area contributed by atoms with Crippen LogP contribution < -0.4 is 0 Å². The third-order valence-corrected chi connectivity index (χ3v) is 7.35. The summed E-state index contributed by atoms with van der Waals surface area (Å²) in [5.74, 6) is 0. The average molecular weight is 449 g/mol. The molecule has 0 N–H and O–H groups in total. The van der Waals surface area contributed by atoms with Gasteiger partial charge in [0, 0.05) is 33.1 Å². The van der Waals surface area contributed by atoms with E-state index in [1.807, 2.05) is 19.2 Å². The normalized spacial score (nSPS) is 12.2. The van der Waals surface area contributed by atoms with E-state index < -0.39 is 0 Å². The highest BCUT2D eigenvalue weighted by molar-refractivity contribution is 7.22. The van der Waals surface area contributed by atoms with Crippen LogP contribution in [0.15, 0.2) is 77.3 Å². The van der Waals surface area contributed by atoms with Gasteiger partial charge in [-0.3, -0.25) is 4.98 Å². The second-order valence-electron chi connectivity index (χ2n) is 9.64. The van der Waals surface area contributed by atoms with Crippen LogP contribution in [-0.2, 0) is 5.41 Å². The summed E-state index contributed by atoms with van der Waals surface area (Å²) in [6.07, 6.45) is 1.98. The van der Waals surface area contributed by atoms with Crippen LogP contribution in [0, 0.1) is 6.92 Å². The van der Waals surface area contributed by atoms with Crippen molar-refractivity contribution < 1.29 is 4.42 Å². The van der Waals surface area contributed by atoms with Gasteiger partial charge in [-0.05, 0) is 59.2 Å². The van der Waals surface area contributed by atoms with Crippen molar-refractivity contribution in [1.82, 2.24) is 9.97 Å². The van der Waals surface area contributed by atoms with Crippen LogP contribution in [0.4, 0.5) is 0 Å². The SMILES string of the molecule is Cc1ccc2c(n1)oc1c(-c3cc4cc(-c5ccc(C(C)(C)C)cc5)sc4cn3)cccc12. The highest BCUT2D eigenvalue weighted by atomic mass is 32.1. The largest absolute Gasteiger partial charge is 0.437 e. The summed E-state index contributed by atoms with van der Waals surface area (Å²) < 4.78 is 7.38. The van der Waals surface area contributed by atoms with Gasteiger partial charge >= 0.3 is 0 Å². The molecular weight excluding hydrogens is 424 g/mol. The molecule has 0 bridgehead atoms. The third-order valence-electron chi connectivity index (χ3n) is 6.22. The van der Waals surface area contributed by atoms with Crippen LogP contribution in [0.2, 0.25) is 0 Å². The van der Waals surface area contributed by atoms with Gasteiger partial charge in [0.1, 0.15) is 5.58 Å². The van der Waals surface area contributed by atoms with E-state index in [0.717, 1.165) is 33.3 Å². The van der Waals surface area contributed by atoms with Crippen LogP contribution in [0.25, 0.3) is 53.9 Å². The van der Waals surface area contributed by atoms with Crippen molar-refractivity contribution in [3.05, 3.63) is 84.2 Å². The zero-order valence-electron chi connectivity index (χ0n) is 19.1. The summed E-state index contributed by atoms with van der Waals surface area (Å²) in [6.45, 7) is 8.71. The van der Waals surface area contributed by atoms with Gasteiger partial charge in [0.25, 0.3) is 0 Å². The summed E-state index contributed by atoms with van der Waals surface area (Å²) >= 11 is 1.78. The summed E-state index contributed by atoms with van der Waals surface area (Å²) in [5.41, 5.74) is 7.11. The topological polar surface area (TPSA) is 38.9 Å². The number of para-hydroxylation sites is 1. The van der Waals surface area contributed by atoms with Gasteiger partial charge in [-0.15, -0.1) is 11.3 Å². The van der Waals surface area contributed by atoms with Crippen LogP contribution in [-0.4, -0.2) is 9.97 Å². The molecule has 4 heterocycles. The highest BCUT2D eigenvalue weighted by Crippen LogP contribution is 2.38. The number of benzene rings is 2. The number of nitrogens with zero attached hydrogens (tertiary/aromatic N) is 2. The Morgan fingerprint density at radius 2 is 1.70 bits per heavy atom. The standard InChI is InChI=1S/C29H24N2OS/c1-17-8-13-22-21-6-5-7-23(27(21)32-28(22)31-17)24-14-19-15-25(33-26(19)16-30-24)18-9-11-20(12-10-18)29(2,3)4/h5-16H,1-4H3. The number of rotatable bonds is 2. The van der Waals surface area contributed by atoms with Crippen molar-refractivity contribution in [3.63, 3.8) is 0 Å². The Hall–Kier alpha value is -3.50. The first-order chi connectivity index (χ1) is 15.9. The van der Waals surface area contributed by atoms with Crippen molar-refractivity contribution in [1.29, 1.82) is 0 Å². The van der Waals surface area contributed by atoms with E-state index in [1.54, 1.807) is 11.3 Å². The monoisotopic (exact) mass is 448 g/mol. The fourth-order valence-electron chi connectivity index (χ4n) is 4.34. The summed E-state index contributed by atoms with van der Waals surface area (Å²) in [5, 5.41) is 3.30. The van der Waals surface area contributed by atoms with E-state index in [1.165, 1.54) is 26.1 Å². The second-order valence-corrected chi connectivity index (χ2v) is 10.7. The maximum atomic E-state index is 6.20. The maximum absolute atomic E-state index is 6.20. The Labute approximate surface area is 196 Å². The number of aryl methyl sites for hydroxylation is 1. The van der Waals surface area contributed by atoms with Gasteiger partial charge in [-0.1, -0.05) is 57.2 Å². The lowest BCUT2D eigenvalue weighted by molar-refractivity contribution is 0.590. The average Bonchev–Trinajstić information content (AvgIpc) is 3.38. The molecule has 4 aromatic heterocycles. The van der Waals surface area contributed by atoms with E-state index in [-0.39, 0.29) is 5.41 Å². The lowest BCUT2D eigenvalue weighted by Crippen LogP contribution is -2.10. The second kappa shape index (κ2) is 7.26.